The van der Waals surface area contributed by atoms with Crippen molar-refractivity contribution in [1.82, 2.24) is 4.98 Å². The van der Waals surface area contributed by atoms with Gasteiger partial charge in [0.15, 0.2) is 0 Å². The zero-order chi connectivity index (χ0) is 11.2. The highest BCUT2D eigenvalue weighted by molar-refractivity contribution is 7.18. The van der Waals surface area contributed by atoms with Crippen LogP contribution in [0.2, 0.25) is 0 Å². The standard InChI is InChI=1S/C13H17NS/c1-8-9(2)15-12-11(8)6-10(7-14-12)13(3,4)5/h6-7H,1-5H3. The third-order valence-corrected chi connectivity index (χ3v) is 4.03. The van der Waals surface area contributed by atoms with Gasteiger partial charge >= 0.3 is 0 Å². The molecule has 0 aliphatic heterocycles. The zero-order valence-electron chi connectivity index (χ0n) is 10.0. The molecule has 0 aliphatic carbocycles. The molecule has 0 spiro atoms. The number of fused-ring (bicyclic) bond motifs is 1. The van der Waals surface area contributed by atoms with Gasteiger partial charge in [0.2, 0.25) is 0 Å². The third-order valence-electron chi connectivity index (χ3n) is 2.90. The van der Waals surface area contributed by atoms with Gasteiger partial charge in [-0.2, -0.15) is 0 Å². The van der Waals surface area contributed by atoms with E-state index in [4.69, 9.17) is 0 Å². The van der Waals surface area contributed by atoms with E-state index in [-0.39, 0.29) is 5.41 Å². The van der Waals surface area contributed by atoms with E-state index in [2.05, 4.69) is 45.7 Å². The number of hydrogen-bond acceptors (Lipinski definition) is 2. The Kier molecular flexibility index (Phi) is 2.34. The molecule has 0 atom stereocenters. The second-order valence-electron chi connectivity index (χ2n) is 5.11. The minimum atomic E-state index is 0.184. The molecular weight excluding hydrogens is 202 g/mol. The second kappa shape index (κ2) is 3.31. The Labute approximate surface area is 95.2 Å². The largest absolute Gasteiger partial charge is 0.245 e. The molecule has 0 N–H and O–H groups in total. The number of aryl methyl sites for hydroxylation is 2. The first-order chi connectivity index (χ1) is 6.89. The lowest BCUT2D eigenvalue weighted by Crippen LogP contribution is -2.11. The van der Waals surface area contributed by atoms with E-state index < -0.39 is 0 Å². The van der Waals surface area contributed by atoms with Gasteiger partial charge in [-0.1, -0.05) is 20.8 Å². The Morgan fingerprint density at radius 3 is 2.47 bits per heavy atom. The summed E-state index contributed by atoms with van der Waals surface area (Å²) in [6.07, 6.45) is 2.01. The first kappa shape index (κ1) is 10.6. The smallest absolute Gasteiger partial charge is 0.123 e. The summed E-state index contributed by atoms with van der Waals surface area (Å²) in [4.78, 5) is 7.09. The topological polar surface area (TPSA) is 12.9 Å². The van der Waals surface area contributed by atoms with Gasteiger partial charge in [0.1, 0.15) is 4.83 Å². The lowest BCUT2D eigenvalue weighted by Gasteiger charge is -2.18. The van der Waals surface area contributed by atoms with Crippen molar-refractivity contribution in [2.45, 2.75) is 40.0 Å². The molecule has 0 radical (unpaired) electrons. The molecule has 2 aromatic heterocycles. The van der Waals surface area contributed by atoms with E-state index >= 15 is 0 Å². The quantitative estimate of drug-likeness (QED) is 0.646. The van der Waals surface area contributed by atoms with Gasteiger partial charge in [-0.3, -0.25) is 0 Å². The molecule has 0 fully saturated rings. The summed E-state index contributed by atoms with van der Waals surface area (Å²) in [5, 5.41) is 1.32. The van der Waals surface area contributed by atoms with E-state index in [1.165, 1.54) is 21.4 Å². The monoisotopic (exact) mass is 219 g/mol. The van der Waals surface area contributed by atoms with E-state index in [9.17, 15) is 0 Å². The Hall–Kier alpha value is -0.890. The maximum absolute atomic E-state index is 4.55. The van der Waals surface area contributed by atoms with Crippen LogP contribution in [-0.2, 0) is 5.41 Å². The number of hydrogen-bond donors (Lipinski definition) is 0. The summed E-state index contributed by atoms with van der Waals surface area (Å²) in [7, 11) is 0. The maximum atomic E-state index is 4.55. The molecule has 2 aromatic rings. The molecule has 1 nitrogen and oxygen atoms in total. The molecule has 0 bridgehead atoms. The number of rotatable bonds is 0. The minimum absolute atomic E-state index is 0.184. The predicted octanol–water partition coefficient (Wildman–Crippen LogP) is 4.21. The summed E-state index contributed by atoms with van der Waals surface area (Å²) in [6.45, 7) is 11.0. The van der Waals surface area contributed by atoms with Crippen LogP contribution in [0, 0.1) is 13.8 Å². The van der Waals surface area contributed by atoms with E-state index in [1.807, 2.05) is 6.20 Å². The predicted molar refractivity (Wildman–Crippen MR) is 67.8 cm³/mol. The van der Waals surface area contributed by atoms with Crippen molar-refractivity contribution in [1.29, 1.82) is 0 Å². The average Bonchev–Trinajstić information content (AvgIpc) is 2.41. The SMILES string of the molecule is Cc1sc2ncc(C(C)(C)C)cc2c1C. The first-order valence-electron chi connectivity index (χ1n) is 5.26. The van der Waals surface area contributed by atoms with Crippen molar-refractivity contribution < 1.29 is 0 Å². The van der Waals surface area contributed by atoms with Crippen molar-refractivity contribution in [3.05, 3.63) is 28.3 Å². The van der Waals surface area contributed by atoms with Crippen molar-refractivity contribution in [2.75, 3.05) is 0 Å². The molecule has 0 saturated heterocycles. The zero-order valence-corrected chi connectivity index (χ0v) is 10.8. The fraction of sp³-hybridized carbons (Fsp3) is 0.462. The van der Waals surface area contributed by atoms with Gasteiger partial charge in [-0.15, -0.1) is 11.3 Å². The van der Waals surface area contributed by atoms with Crippen LogP contribution in [-0.4, -0.2) is 4.98 Å². The Morgan fingerprint density at radius 1 is 1.20 bits per heavy atom. The molecule has 0 amide bonds. The van der Waals surface area contributed by atoms with Gasteiger partial charge in [0, 0.05) is 16.5 Å². The number of thiophene rings is 1. The maximum Gasteiger partial charge on any atom is 0.123 e. The van der Waals surface area contributed by atoms with Crippen molar-refractivity contribution in [2.24, 2.45) is 0 Å². The average molecular weight is 219 g/mol. The van der Waals surface area contributed by atoms with E-state index in [0.29, 0.717) is 0 Å². The summed E-state index contributed by atoms with van der Waals surface area (Å²) in [5.41, 5.74) is 2.88. The molecule has 2 heterocycles. The van der Waals surface area contributed by atoms with Crippen LogP contribution in [0.15, 0.2) is 12.3 Å². The van der Waals surface area contributed by atoms with Crippen LogP contribution >= 0.6 is 11.3 Å². The molecular formula is C13H17NS. The fourth-order valence-electron chi connectivity index (χ4n) is 1.62. The minimum Gasteiger partial charge on any atom is -0.245 e. The normalized spacial score (nSPS) is 12.3. The molecule has 80 valence electrons. The molecule has 2 heteroatoms. The van der Waals surface area contributed by atoms with Crippen LogP contribution in [0.5, 0.6) is 0 Å². The fourth-order valence-corrected chi connectivity index (χ4v) is 2.60. The van der Waals surface area contributed by atoms with E-state index in [1.54, 1.807) is 11.3 Å². The highest BCUT2D eigenvalue weighted by Crippen LogP contribution is 2.31. The Morgan fingerprint density at radius 2 is 1.87 bits per heavy atom. The van der Waals surface area contributed by atoms with Gasteiger partial charge in [0.05, 0.1) is 0 Å². The Balaban J connectivity index is 2.70. The third kappa shape index (κ3) is 1.78. The number of aromatic nitrogens is 1. The van der Waals surface area contributed by atoms with Crippen LogP contribution in [0.4, 0.5) is 0 Å². The molecule has 0 aliphatic rings. The molecule has 2 rings (SSSR count). The summed E-state index contributed by atoms with van der Waals surface area (Å²) in [6, 6.07) is 2.29. The number of nitrogens with zero attached hydrogens (tertiary/aromatic N) is 1. The van der Waals surface area contributed by atoms with Gasteiger partial charge in [0.25, 0.3) is 0 Å². The van der Waals surface area contributed by atoms with E-state index in [0.717, 1.165) is 4.83 Å². The van der Waals surface area contributed by atoms with Gasteiger partial charge in [-0.25, -0.2) is 4.98 Å². The van der Waals surface area contributed by atoms with Crippen molar-refractivity contribution >= 4 is 21.6 Å². The van der Waals surface area contributed by atoms with Gasteiger partial charge in [-0.05, 0) is 36.5 Å². The Bertz CT molecular complexity index is 503. The summed E-state index contributed by atoms with van der Waals surface area (Å²) in [5.74, 6) is 0. The van der Waals surface area contributed by atoms with Gasteiger partial charge < -0.3 is 0 Å². The highest BCUT2D eigenvalue weighted by Gasteiger charge is 2.16. The molecule has 15 heavy (non-hydrogen) atoms. The lowest BCUT2D eigenvalue weighted by molar-refractivity contribution is 0.589. The van der Waals surface area contributed by atoms with Crippen LogP contribution in [0.1, 0.15) is 36.8 Å². The summed E-state index contributed by atoms with van der Waals surface area (Å²) < 4.78 is 0. The summed E-state index contributed by atoms with van der Waals surface area (Å²) >= 11 is 1.79. The first-order valence-corrected chi connectivity index (χ1v) is 6.07. The van der Waals surface area contributed by atoms with Crippen molar-refractivity contribution in [3.63, 3.8) is 0 Å². The molecule has 0 aromatic carbocycles. The molecule has 0 unspecified atom stereocenters. The van der Waals surface area contributed by atoms with Crippen molar-refractivity contribution in [3.8, 4) is 0 Å². The number of pyridine rings is 1. The van der Waals surface area contributed by atoms with Crippen LogP contribution in [0.3, 0.4) is 0 Å². The highest BCUT2D eigenvalue weighted by atomic mass is 32.1. The van der Waals surface area contributed by atoms with Crippen LogP contribution < -0.4 is 0 Å². The lowest BCUT2D eigenvalue weighted by atomic mass is 9.88. The van der Waals surface area contributed by atoms with Crippen LogP contribution in [0.25, 0.3) is 10.2 Å². The molecule has 0 saturated carbocycles. The second-order valence-corrected chi connectivity index (χ2v) is 6.31.